The molecule has 5 nitrogen and oxygen atoms in total. The van der Waals surface area contributed by atoms with Gasteiger partial charge in [0, 0.05) is 18.7 Å². The van der Waals surface area contributed by atoms with E-state index >= 15 is 0 Å². The molecule has 0 amide bonds. The second-order valence-corrected chi connectivity index (χ2v) is 6.30. The Morgan fingerprint density at radius 1 is 1.39 bits per heavy atom. The van der Waals surface area contributed by atoms with Crippen LogP contribution in [0.15, 0.2) is 24.3 Å². The SMILES string of the molecule is CC(C)NS(=O)(=O)N(C)c1ccccc1C(N)=S. The Balaban J connectivity index is 3.19. The van der Waals surface area contributed by atoms with Crippen molar-refractivity contribution >= 4 is 33.1 Å². The molecule has 0 saturated carbocycles. The quantitative estimate of drug-likeness (QED) is 0.792. The maximum absolute atomic E-state index is 12.0. The van der Waals surface area contributed by atoms with Crippen molar-refractivity contribution in [1.29, 1.82) is 0 Å². The molecule has 3 N–H and O–H groups in total. The van der Waals surface area contributed by atoms with E-state index in [9.17, 15) is 8.42 Å². The second-order valence-electron chi connectivity index (χ2n) is 4.13. The minimum atomic E-state index is -3.60. The molecule has 0 fully saturated rings. The summed E-state index contributed by atoms with van der Waals surface area (Å²) in [5.41, 5.74) is 6.57. The standard InChI is InChI=1S/C11H17N3O2S2/c1-8(2)13-18(15,16)14(3)10-7-5-4-6-9(10)11(12)17/h4-8,13H,1-3H3,(H2,12,17). The number of nitrogens with zero attached hydrogens (tertiary/aromatic N) is 1. The number of anilines is 1. The fraction of sp³-hybridized carbons (Fsp3) is 0.364. The van der Waals surface area contributed by atoms with Crippen molar-refractivity contribution in [3.63, 3.8) is 0 Å². The molecular formula is C11H17N3O2S2. The van der Waals surface area contributed by atoms with E-state index in [0.717, 1.165) is 4.31 Å². The molecule has 0 aliphatic rings. The smallest absolute Gasteiger partial charge is 0.301 e. The highest BCUT2D eigenvalue weighted by molar-refractivity contribution is 7.90. The van der Waals surface area contributed by atoms with Gasteiger partial charge in [-0.05, 0) is 26.0 Å². The average Bonchev–Trinajstić information content (AvgIpc) is 2.26. The van der Waals surface area contributed by atoms with Gasteiger partial charge in [0.05, 0.1) is 5.69 Å². The molecule has 0 heterocycles. The zero-order chi connectivity index (χ0) is 13.9. The van der Waals surface area contributed by atoms with E-state index in [0.29, 0.717) is 11.3 Å². The zero-order valence-electron chi connectivity index (χ0n) is 10.5. The first-order valence-corrected chi connectivity index (χ1v) is 7.25. The topological polar surface area (TPSA) is 75.4 Å². The number of nitrogens with two attached hydrogens (primary N) is 1. The first-order chi connectivity index (χ1) is 8.25. The van der Waals surface area contributed by atoms with Crippen LogP contribution in [-0.2, 0) is 10.2 Å². The van der Waals surface area contributed by atoms with E-state index in [1.165, 1.54) is 7.05 Å². The summed E-state index contributed by atoms with van der Waals surface area (Å²) >= 11 is 4.92. The maximum Gasteiger partial charge on any atom is 0.301 e. The minimum absolute atomic E-state index is 0.164. The molecule has 0 spiro atoms. The van der Waals surface area contributed by atoms with Crippen LogP contribution in [0.1, 0.15) is 19.4 Å². The molecule has 1 aromatic rings. The summed E-state index contributed by atoms with van der Waals surface area (Å²) in [6.45, 7) is 3.51. The van der Waals surface area contributed by atoms with Crippen LogP contribution < -0.4 is 14.8 Å². The van der Waals surface area contributed by atoms with Crippen LogP contribution in [0.5, 0.6) is 0 Å². The predicted molar refractivity (Wildman–Crippen MR) is 77.9 cm³/mol. The monoisotopic (exact) mass is 287 g/mol. The number of thiocarbonyl (C=S) groups is 1. The highest BCUT2D eigenvalue weighted by Crippen LogP contribution is 2.21. The van der Waals surface area contributed by atoms with Crippen LogP contribution in [0, 0.1) is 0 Å². The number of rotatable bonds is 5. The molecule has 0 radical (unpaired) electrons. The summed E-state index contributed by atoms with van der Waals surface area (Å²) in [4.78, 5) is 0.164. The number of benzene rings is 1. The molecule has 18 heavy (non-hydrogen) atoms. The summed E-state index contributed by atoms with van der Waals surface area (Å²) in [6.07, 6.45) is 0. The third kappa shape index (κ3) is 3.41. The van der Waals surface area contributed by atoms with Crippen LogP contribution in [0.4, 0.5) is 5.69 Å². The van der Waals surface area contributed by atoms with Crippen molar-refractivity contribution in [3.05, 3.63) is 29.8 Å². The van der Waals surface area contributed by atoms with E-state index in [2.05, 4.69) is 4.72 Å². The molecule has 100 valence electrons. The summed E-state index contributed by atoms with van der Waals surface area (Å²) in [6, 6.07) is 6.66. The number of nitrogens with one attached hydrogen (secondary N) is 1. The van der Waals surface area contributed by atoms with Gasteiger partial charge >= 0.3 is 10.2 Å². The summed E-state index contributed by atoms with van der Waals surface area (Å²) < 4.78 is 27.7. The van der Waals surface area contributed by atoms with Gasteiger partial charge in [-0.1, -0.05) is 24.4 Å². The molecule has 0 aliphatic carbocycles. The lowest BCUT2D eigenvalue weighted by Crippen LogP contribution is -2.42. The predicted octanol–water partition coefficient (Wildman–Crippen LogP) is 1.000. The fourth-order valence-electron chi connectivity index (χ4n) is 1.46. The lowest BCUT2D eigenvalue weighted by atomic mass is 10.2. The third-order valence-corrected chi connectivity index (χ3v) is 4.16. The van der Waals surface area contributed by atoms with Crippen LogP contribution in [0.3, 0.4) is 0 Å². The van der Waals surface area contributed by atoms with Crippen molar-refractivity contribution in [2.75, 3.05) is 11.4 Å². The Labute approximate surface area is 113 Å². The van der Waals surface area contributed by atoms with Crippen LogP contribution in [-0.4, -0.2) is 26.5 Å². The van der Waals surface area contributed by atoms with Gasteiger partial charge < -0.3 is 5.73 Å². The van der Waals surface area contributed by atoms with Gasteiger partial charge in [0.25, 0.3) is 0 Å². The van der Waals surface area contributed by atoms with Gasteiger partial charge in [0.1, 0.15) is 4.99 Å². The normalized spacial score (nSPS) is 11.6. The molecular weight excluding hydrogens is 270 g/mol. The first-order valence-electron chi connectivity index (χ1n) is 5.40. The van der Waals surface area contributed by atoms with Crippen LogP contribution in [0.2, 0.25) is 0 Å². The molecule has 1 aromatic carbocycles. The van der Waals surface area contributed by atoms with Crippen molar-refractivity contribution < 1.29 is 8.42 Å². The minimum Gasteiger partial charge on any atom is -0.389 e. The molecule has 0 atom stereocenters. The lowest BCUT2D eigenvalue weighted by molar-refractivity contribution is 0.568. The lowest BCUT2D eigenvalue weighted by Gasteiger charge is -2.23. The summed E-state index contributed by atoms with van der Waals surface area (Å²) in [5, 5.41) is 0. The Morgan fingerprint density at radius 2 is 1.94 bits per heavy atom. The van der Waals surface area contributed by atoms with Gasteiger partial charge in [0.15, 0.2) is 0 Å². The third-order valence-electron chi connectivity index (χ3n) is 2.25. The second kappa shape index (κ2) is 5.64. The van der Waals surface area contributed by atoms with Gasteiger partial charge in [-0.2, -0.15) is 13.1 Å². The van der Waals surface area contributed by atoms with E-state index in [-0.39, 0.29) is 11.0 Å². The molecule has 0 bridgehead atoms. The first kappa shape index (κ1) is 14.9. The number of para-hydroxylation sites is 1. The van der Waals surface area contributed by atoms with Crippen molar-refractivity contribution in [2.45, 2.75) is 19.9 Å². The van der Waals surface area contributed by atoms with Gasteiger partial charge in [0.2, 0.25) is 0 Å². The summed E-state index contributed by atoms with van der Waals surface area (Å²) in [7, 11) is -2.14. The van der Waals surface area contributed by atoms with Crippen LogP contribution >= 0.6 is 12.2 Å². The largest absolute Gasteiger partial charge is 0.389 e. The Kier molecular flexibility index (Phi) is 4.66. The van der Waals surface area contributed by atoms with E-state index in [4.69, 9.17) is 18.0 Å². The summed E-state index contributed by atoms with van der Waals surface area (Å²) in [5.74, 6) is 0. The van der Waals surface area contributed by atoms with Gasteiger partial charge in [-0.25, -0.2) is 0 Å². The van der Waals surface area contributed by atoms with E-state index in [1.807, 2.05) is 0 Å². The molecule has 7 heteroatoms. The van der Waals surface area contributed by atoms with Crippen molar-refractivity contribution in [1.82, 2.24) is 4.72 Å². The fourth-order valence-corrected chi connectivity index (χ4v) is 2.81. The van der Waals surface area contributed by atoms with Crippen molar-refractivity contribution in [3.8, 4) is 0 Å². The van der Waals surface area contributed by atoms with E-state index in [1.54, 1.807) is 38.1 Å². The Morgan fingerprint density at radius 3 is 2.44 bits per heavy atom. The Hall–Kier alpha value is -1.18. The molecule has 0 aromatic heterocycles. The van der Waals surface area contributed by atoms with E-state index < -0.39 is 10.2 Å². The van der Waals surface area contributed by atoms with Crippen LogP contribution in [0.25, 0.3) is 0 Å². The number of hydrogen-bond donors (Lipinski definition) is 2. The molecule has 0 aliphatic heterocycles. The number of hydrogen-bond acceptors (Lipinski definition) is 3. The van der Waals surface area contributed by atoms with Gasteiger partial charge in [-0.3, -0.25) is 4.31 Å². The maximum atomic E-state index is 12.0. The highest BCUT2D eigenvalue weighted by atomic mass is 32.2. The highest BCUT2D eigenvalue weighted by Gasteiger charge is 2.21. The average molecular weight is 287 g/mol. The Bertz CT molecular complexity index is 541. The van der Waals surface area contributed by atoms with Gasteiger partial charge in [-0.15, -0.1) is 0 Å². The molecule has 1 rings (SSSR count). The molecule has 0 saturated heterocycles. The van der Waals surface area contributed by atoms with Crippen molar-refractivity contribution in [2.24, 2.45) is 5.73 Å². The molecule has 0 unspecified atom stereocenters. The zero-order valence-corrected chi connectivity index (χ0v) is 12.2.